The molecule has 0 saturated carbocycles. The summed E-state index contributed by atoms with van der Waals surface area (Å²) in [5, 5.41) is 0. The summed E-state index contributed by atoms with van der Waals surface area (Å²) in [5.41, 5.74) is 6.08. The van der Waals surface area contributed by atoms with Crippen molar-refractivity contribution in [3.63, 3.8) is 0 Å². The summed E-state index contributed by atoms with van der Waals surface area (Å²) in [6.07, 6.45) is 3.66. The van der Waals surface area contributed by atoms with Crippen molar-refractivity contribution in [2.24, 2.45) is 0 Å². The van der Waals surface area contributed by atoms with E-state index in [4.69, 9.17) is 14.2 Å². The van der Waals surface area contributed by atoms with Gasteiger partial charge in [0.25, 0.3) is 0 Å². The van der Waals surface area contributed by atoms with Gasteiger partial charge in [-0.15, -0.1) is 0 Å². The average Bonchev–Trinajstić information content (AvgIpc) is 3.15. The van der Waals surface area contributed by atoms with Crippen LogP contribution in [-0.4, -0.2) is 35.9 Å². The zero-order chi connectivity index (χ0) is 20.4. The van der Waals surface area contributed by atoms with E-state index in [1.54, 1.807) is 21.3 Å². The predicted octanol–water partition coefficient (Wildman–Crippen LogP) is 4.48. The molecule has 0 unspecified atom stereocenters. The maximum atomic E-state index is 5.42. The number of benzene rings is 2. The maximum absolute atomic E-state index is 5.42. The molecule has 0 amide bonds. The van der Waals surface area contributed by atoms with Crippen LogP contribution in [0.5, 0.6) is 17.2 Å². The molecule has 0 N–H and O–H groups in total. The summed E-state index contributed by atoms with van der Waals surface area (Å²) in [7, 11) is 4.95. The van der Waals surface area contributed by atoms with Crippen LogP contribution in [-0.2, 0) is 6.54 Å². The molecule has 4 aromatic rings. The van der Waals surface area contributed by atoms with Crippen molar-refractivity contribution < 1.29 is 14.2 Å². The first-order valence-corrected chi connectivity index (χ1v) is 9.29. The smallest absolute Gasteiger partial charge is 0.161 e. The van der Waals surface area contributed by atoms with Gasteiger partial charge in [0.05, 0.1) is 45.1 Å². The third-order valence-electron chi connectivity index (χ3n) is 5.02. The van der Waals surface area contributed by atoms with E-state index in [2.05, 4.69) is 27.5 Å². The highest BCUT2D eigenvalue weighted by molar-refractivity contribution is 5.80. The Bertz CT molecular complexity index is 1170. The Hall–Kier alpha value is -3.54. The first kappa shape index (κ1) is 18.8. The quantitative estimate of drug-likeness (QED) is 0.487. The Balaban J connectivity index is 1.71. The van der Waals surface area contributed by atoms with Gasteiger partial charge in [-0.1, -0.05) is 6.07 Å². The van der Waals surface area contributed by atoms with Crippen LogP contribution in [0.3, 0.4) is 0 Å². The Kier molecular flexibility index (Phi) is 5.08. The summed E-state index contributed by atoms with van der Waals surface area (Å²) >= 11 is 0. The van der Waals surface area contributed by atoms with Gasteiger partial charge in [0, 0.05) is 12.1 Å². The molecule has 0 saturated heterocycles. The summed E-state index contributed by atoms with van der Waals surface area (Å²) in [6.45, 7) is 2.73. The normalized spacial score (nSPS) is 10.9. The molecule has 148 valence electrons. The fraction of sp³-hybridized carbons (Fsp3) is 0.217. The van der Waals surface area contributed by atoms with Gasteiger partial charge < -0.3 is 18.8 Å². The molecule has 6 nitrogen and oxygen atoms in total. The fourth-order valence-electron chi connectivity index (χ4n) is 3.46. The van der Waals surface area contributed by atoms with E-state index in [0.29, 0.717) is 18.0 Å². The summed E-state index contributed by atoms with van der Waals surface area (Å²) in [6, 6.07) is 14.0. The van der Waals surface area contributed by atoms with Crippen LogP contribution in [0.2, 0.25) is 0 Å². The average molecular weight is 389 g/mol. The topological polar surface area (TPSA) is 58.4 Å². The van der Waals surface area contributed by atoms with Gasteiger partial charge >= 0.3 is 0 Å². The van der Waals surface area contributed by atoms with Crippen LogP contribution >= 0.6 is 0 Å². The molecule has 29 heavy (non-hydrogen) atoms. The number of hydrogen-bond acceptors (Lipinski definition) is 5. The Morgan fingerprint density at radius 2 is 1.69 bits per heavy atom. The van der Waals surface area contributed by atoms with Crippen LogP contribution in [0.15, 0.2) is 55.0 Å². The highest BCUT2D eigenvalue weighted by Crippen LogP contribution is 2.30. The number of rotatable bonds is 6. The molecule has 0 aliphatic rings. The van der Waals surface area contributed by atoms with E-state index >= 15 is 0 Å². The van der Waals surface area contributed by atoms with Crippen molar-refractivity contribution in [2.45, 2.75) is 13.5 Å². The Morgan fingerprint density at radius 3 is 2.41 bits per heavy atom. The predicted molar refractivity (Wildman–Crippen MR) is 113 cm³/mol. The monoisotopic (exact) mass is 389 g/mol. The van der Waals surface area contributed by atoms with Crippen molar-refractivity contribution in [2.75, 3.05) is 21.3 Å². The van der Waals surface area contributed by atoms with E-state index in [0.717, 1.165) is 39.2 Å². The van der Waals surface area contributed by atoms with Gasteiger partial charge in [0.2, 0.25) is 0 Å². The number of nitrogens with zero attached hydrogens (tertiary/aromatic N) is 3. The Morgan fingerprint density at radius 1 is 0.862 bits per heavy atom. The molecule has 0 aliphatic carbocycles. The molecule has 4 rings (SSSR count). The van der Waals surface area contributed by atoms with Gasteiger partial charge in [0.15, 0.2) is 11.5 Å². The highest BCUT2D eigenvalue weighted by atomic mass is 16.5. The largest absolute Gasteiger partial charge is 0.497 e. The molecule has 0 atom stereocenters. The number of fused-ring (bicyclic) bond motifs is 1. The summed E-state index contributed by atoms with van der Waals surface area (Å²) in [4.78, 5) is 9.11. The van der Waals surface area contributed by atoms with Crippen LogP contribution in [0.4, 0.5) is 0 Å². The molecule has 0 aliphatic heterocycles. The minimum absolute atomic E-state index is 0.669. The van der Waals surface area contributed by atoms with E-state index in [1.807, 2.05) is 48.9 Å². The zero-order valence-corrected chi connectivity index (χ0v) is 17.0. The van der Waals surface area contributed by atoms with Crippen molar-refractivity contribution in [3.8, 4) is 28.5 Å². The van der Waals surface area contributed by atoms with Gasteiger partial charge in [-0.25, -0.2) is 4.98 Å². The SMILES string of the molecule is COc1ccc(-c2cc3c(cn2)ncn3Cc2ccc(OC)c(OC)c2)c(C)c1. The molecule has 0 spiro atoms. The van der Waals surface area contributed by atoms with Crippen LogP contribution in [0.25, 0.3) is 22.3 Å². The molecular formula is C23H23N3O3. The number of imidazole rings is 1. The number of methoxy groups -OCH3 is 3. The minimum atomic E-state index is 0.669. The number of aryl methyl sites for hydroxylation is 1. The lowest BCUT2D eigenvalue weighted by Gasteiger charge is -2.11. The summed E-state index contributed by atoms with van der Waals surface area (Å²) < 4.78 is 18.2. The standard InChI is InChI=1S/C23H23N3O3/c1-15-9-17(27-2)6-7-18(15)19-11-21-20(12-24-19)25-14-26(21)13-16-5-8-22(28-3)23(10-16)29-4/h5-12,14H,13H2,1-4H3. The first-order chi connectivity index (χ1) is 14.1. The molecular weight excluding hydrogens is 366 g/mol. The van der Waals surface area contributed by atoms with E-state index < -0.39 is 0 Å². The van der Waals surface area contributed by atoms with Crippen molar-refractivity contribution in [1.82, 2.24) is 14.5 Å². The number of hydrogen-bond donors (Lipinski definition) is 0. The second-order valence-electron chi connectivity index (χ2n) is 6.80. The van der Waals surface area contributed by atoms with Crippen LogP contribution < -0.4 is 14.2 Å². The van der Waals surface area contributed by atoms with Crippen molar-refractivity contribution in [1.29, 1.82) is 0 Å². The molecule has 2 heterocycles. The summed E-state index contributed by atoms with van der Waals surface area (Å²) in [5.74, 6) is 2.27. The molecule has 2 aromatic carbocycles. The van der Waals surface area contributed by atoms with Gasteiger partial charge in [-0.2, -0.15) is 0 Å². The lowest BCUT2D eigenvalue weighted by Crippen LogP contribution is -2.00. The first-order valence-electron chi connectivity index (χ1n) is 9.29. The van der Waals surface area contributed by atoms with Crippen molar-refractivity contribution in [3.05, 3.63) is 66.1 Å². The van der Waals surface area contributed by atoms with E-state index in [9.17, 15) is 0 Å². The van der Waals surface area contributed by atoms with Gasteiger partial charge in [-0.3, -0.25) is 4.98 Å². The molecule has 0 bridgehead atoms. The molecule has 2 aromatic heterocycles. The number of pyridine rings is 1. The van der Waals surface area contributed by atoms with Crippen molar-refractivity contribution >= 4 is 11.0 Å². The maximum Gasteiger partial charge on any atom is 0.161 e. The van der Waals surface area contributed by atoms with E-state index in [-0.39, 0.29) is 0 Å². The highest BCUT2D eigenvalue weighted by Gasteiger charge is 2.11. The molecule has 6 heteroatoms. The van der Waals surface area contributed by atoms with Crippen LogP contribution in [0, 0.1) is 6.92 Å². The Labute approximate surface area is 169 Å². The van der Waals surface area contributed by atoms with E-state index in [1.165, 1.54) is 0 Å². The lowest BCUT2D eigenvalue weighted by atomic mass is 10.0. The lowest BCUT2D eigenvalue weighted by molar-refractivity contribution is 0.354. The molecule has 0 fully saturated rings. The number of ether oxygens (including phenoxy) is 3. The van der Waals surface area contributed by atoms with Gasteiger partial charge in [-0.05, 0) is 54.4 Å². The fourth-order valence-corrected chi connectivity index (χ4v) is 3.46. The number of aromatic nitrogens is 3. The third-order valence-corrected chi connectivity index (χ3v) is 5.02. The minimum Gasteiger partial charge on any atom is -0.497 e. The molecule has 0 radical (unpaired) electrons. The zero-order valence-electron chi connectivity index (χ0n) is 17.0. The second kappa shape index (κ2) is 7.83. The van der Waals surface area contributed by atoms with Gasteiger partial charge in [0.1, 0.15) is 11.3 Å². The third kappa shape index (κ3) is 3.61. The second-order valence-corrected chi connectivity index (χ2v) is 6.80. The van der Waals surface area contributed by atoms with Crippen LogP contribution in [0.1, 0.15) is 11.1 Å².